The third-order valence-electron chi connectivity index (χ3n) is 5.38. The van der Waals surface area contributed by atoms with Gasteiger partial charge in [0.1, 0.15) is 17.4 Å². The number of fused-ring (bicyclic) bond motifs is 1. The van der Waals surface area contributed by atoms with Crippen LogP contribution in [0.15, 0.2) is 88.3 Å². The molecule has 1 N–H and O–H groups in total. The van der Waals surface area contributed by atoms with E-state index in [0.29, 0.717) is 33.8 Å². The van der Waals surface area contributed by atoms with E-state index in [1.54, 1.807) is 43.3 Å². The SMILES string of the molecule is Cc1nc2ccc(N3C(=O)/C(=C\c4ccccc4[N+](=O)[O-])N=C3c3ccccc3)cc2c(=O)[nH]1. The van der Waals surface area contributed by atoms with Crippen LogP contribution in [0.4, 0.5) is 11.4 Å². The summed E-state index contributed by atoms with van der Waals surface area (Å²) < 4.78 is 0. The summed E-state index contributed by atoms with van der Waals surface area (Å²) in [4.78, 5) is 49.9. The Hall–Kier alpha value is -4.92. The largest absolute Gasteiger partial charge is 0.310 e. The number of para-hydroxylation sites is 1. The molecule has 4 aromatic rings. The average molecular weight is 451 g/mol. The molecule has 0 radical (unpaired) electrons. The Morgan fingerprint density at radius 3 is 2.50 bits per heavy atom. The van der Waals surface area contributed by atoms with Crippen LogP contribution in [0.5, 0.6) is 0 Å². The van der Waals surface area contributed by atoms with Crippen molar-refractivity contribution < 1.29 is 9.72 Å². The van der Waals surface area contributed by atoms with Crippen molar-refractivity contribution in [3.63, 3.8) is 0 Å². The van der Waals surface area contributed by atoms with Gasteiger partial charge in [-0.2, -0.15) is 0 Å². The van der Waals surface area contributed by atoms with Gasteiger partial charge < -0.3 is 4.98 Å². The molecule has 1 aromatic heterocycles. The fourth-order valence-electron chi connectivity index (χ4n) is 3.84. The Balaban J connectivity index is 1.68. The number of H-pyrrole nitrogens is 1. The zero-order valence-corrected chi connectivity index (χ0v) is 17.9. The lowest BCUT2D eigenvalue weighted by atomic mass is 10.1. The van der Waals surface area contributed by atoms with E-state index in [4.69, 9.17) is 0 Å². The summed E-state index contributed by atoms with van der Waals surface area (Å²) in [5.41, 5.74) is 1.49. The van der Waals surface area contributed by atoms with Crippen LogP contribution in [-0.2, 0) is 4.79 Å². The summed E-state index contributed by atoms with van der Waals surface area (Å²) in [5.74, 6) is 0.378. The molecule has 0 bridgehead atoms. The highest BCUT2D eigenvalue weighted by molar-refractivity contribution is 6.33. The van der Waals surface area contributed by atoms with Crippen LogP contribution in [0.25, 0.3) is 17.0 Å². The zero-order chi connectivity index (χ0) is 23.8. The van der Waals surface area contributed by atoms with E-state index in [9.17, 15) is 19.7 Å². The number of carbonyl (C=O) groups is 1. The van der Waals surface area contributed by atoms with Crippen molar-refractivity contribution in [2.45, 2.75) is 6.92 Å². The zero-order valence-electron chi connectivity index (χ0n) is 17.9. The first kappa shape index (κ1) is 21.0. The number of carbonyl (C=O) groups excluding carboxylic acids is 1. The molecule has 1 aliphatic heterocycles. The van der Waals surface area contributed by atoms with Crippen molar-refractivity contribution in [2.75, 3.05) is 4.90 Å². The summed E-state index contributed by atoms with van der Waals surface area (Å²) in [6.07, 6.45) is 1.40. The third-order valence-corrected chi connectivity index (χ3v) is 5.38. The summed E-state index contributed by atoms with van der Waals surface area (Å²) in [5, 5.41) is 11.8. The van der Waals surface area contributed by atoms with Gasteiger partial charge in [0, 0.05) is 11.6 Å². The molecular formula is C25H17N5O4. The number of aromatic nitrogens is 2. The van der Waals surface area contributed by atoms with Crippen LogP contribution in [0.3, 0.4) is 0 Å². The predicted octanol–water partition coefficient (Wildman–Crippen LogP) is 3.97. The van der Waals surface area contributed by atoms with Gasteiger partial charge in [-0.05, 0) is 37.3 Å². The number of amidine groups is 1. The number of nitro benzene ring substituents is 1. The Bertz CT molecular complexity index is 1590. The normalized spacial score (nSPS) is 14.6. The molecule has 0 atom stereocenters. The van der Waals surface area contributed by atoms with Crippen molar-refractivity contribution in [1.29, 1.82) is 0 Å². The quantitative estimate of drug-likeness (QED) is 0.286. The Morgan fingerprint density at radius 2 is 1.74 bits per heavy atom. The van der Waals surface area contributed by atoms with Gasteiger partial charge in [-0.25, -0.2) is 9.98 Å². The van der Waals surface area contributed by atoms with E-state index >= 15 is 0 Å². The smallest absolute Gasteiger partial charge is 0.282 e. The second-order valence-corrected chi connectivity index (χ2v) is 7.64. The number of hydrogen-bond donors (Lipinski definition) is 1. The van der Waals surface area contributed by atoms with Crippen LogP contribution < -0.4 is 10.5 Å². The number of hydrogen-bond acceptors (Lipinski definition) is 6. The summed E-state index contributed by atoms with van der Waals surface area (Å²) >= 11 is 0. The number of nitrogens with one attached hydrogen (secondary N) is 1. The molecule has 1 aliphatic rings. The van der Waals surface area contributed by atoms with Crippen LogP contribution in [0, 0.1) is 17.0 Å². The van der Waals surface area contributed by atoms with Crippen LogP contribution in [-0.4, -0.2) is 26.6 Å². The second-order valence-electron chi connectivity index (χ2n) is 7.64. The van der Waals surface area contributed by atoms with Crippen molar-refractivity contribution in [1.82, 2.24) is 9.97 Å². The monoisotopic (exact) mass is 451 g/mol. The van der Waals surface area contributed by atoms with Gasteiger partial charge in [0.05, 0.1) is 27.1 Å². The first-order valence-electron chi connectivity index (χ1n) is 10.4. The Kier molecular flexibility index (Phi) is 5.06. The van der Waals surface area contributed by atoms with E-state index in [1.807, 2.05) is 30.3 Å². The Labute approximate surface area is 192 Å². The highest BCUT2D eigenvalue weighted by Gasteiger charge is 2.33. The average Bonchev–Trinajstić information content (AvgIpc) is 3.15. The minimum absolute atomic E-state index is 0.0455. The van der Waals surface area contributed by atoms with Crippen molar-refractivity contribution >= 4 is 40.1 Å². The molecule has 9 nitrogen and oxygen atoms in total. The van der Waals surface area contributed by atoms with E-state index in [1.165, 1.54) is 17.0 Å². The van der Waals surface area contributed by atoms with Crippen LogP contribution in [0.2, 0.25) is 0 Å². The number of aliphatic imine (C=N–C) groups is 1. The fourth-order valence-corrected chi connectivity index (χ4v) is 3.84. The van der Waals surface area contributed by atoms with Crippen molar-refractivity contribution in [2.24, 2.45) is 4.99 Å². The number of nitrogens with zero attached hydrogens (tertiary/aromatic N) is 4. The first-order chi connectivity index (χ1) is 16.4. The molecule has 1 amide bonds. The van der Waals surface area contributed by atoms with Gasteiger partial charge >= 0.3 is 0 Å². The topological polar surface area (TPSA) is 122 Å². The number of benzene rings is 3. The van der Waals surface area contributed by atoms with E-state index in [0.717, 1.165) is 0 Å². The van der Waals surface area contributed by atoms with Crippen LogP contribution >= 0.6 is 0 Å². The van der Waals surface area contributed by atoms with Gasteiger partial charge in [0.15, 0.2) is 0 Å². The first-order valence-corrected chi connectivity index (χ1v) is 10.4. The minimum atomic E-state index is -0.504. The van der Waals surface area contributed by atoms with E-state index in [2.05, 4.69) is 15.0 Å². The Morgan fingerprint density at radius 1 is 1.00 bits per heavy atom. The van der Waals surface area contributed by atoms with E-state index in [-0.39, 0.29) is 22.5 Å². The molecule has 0 spiro atoms. The highest BCUT2D eigenvalue weighted by atomic mass is 16.6. The number of anilines is 1. The summed E-state index contributed by atoms with van der Waals surface area (Å²) in [6, 6.07) is 20.2. The number of aromatic amines is 1. The molecule has 5 rings (SSSR count). The molecule has 0 saturated heterocycles. The predicted molar refractivity (Wildman–Crippen MR) is 129 cm³/mol. The second kappa shape index (κ2) is 8.21. The van der Waals surface area contributed by atoms with Gasteiger partial charge in [0.25, 0.3) is 17.2 Å². The molecule has 2 heterocycles. The van der Waals surface area contributed by atoms with Crippen molar-refractivity contribution in [3.05, 3.63) is 116 Å². The molecular weight excluding hydrogens is 434 g/mol. The van der Waals surface area contributed by atoms with Gasteiger partial charge in [-0.3, -0.25) is 24.6 Å². The molecule has 0 aliphatic carbocycles. The molecule has 0 saturated carbocycles. The molecule has 9 heteroatoms. The maximum atomic E-state index is 13.5. The fraction of sp³-hybridized carbons (Fsp3) is 0.0400. The molecule has 0 fully saturated rings. The molecule has 3 aromatic carbocycles. The van der Waals surface area contributed by atoms with E-state index < -0.39 is 10.8 Å². The van der Waals surface area contributed by atoms with Crippen LogP contribution in [0.1, 0.15) is 17.0 Å². The maximum absolute atomic E-state index is 13.5. The lowest BCUT2D eigenvalue weighted by molar-refractivity contribution is -0.385. The highest BCUT2D eigenvalue weighted by Crippen LogP contribution is 2.30. The summed E-state index contributed by atoms with van der Waals surface area (Å²) in [7, 11) is 0. The lowest BCUT2D eigenvalue weighted by Crippen LogP contribution is -2.32. The summed E-state index contributed by atoms with van der Waals surface area (Å²) in [6.45, 7) is 1.69. The molecule has 34 heavy (non-hydrogen) atoms. The molecule has 166 valence electrons. The van der Waals surface area contributed by atoms with Gasteiger partial charge in [0.2, 0.25) is 0 Å². The number of nitro groups is 1. The lowest BCUT2D eigenvalue weighted by Gasteiger charge is -2.19. The third kappa shape index (κ3) is 3.65. The van der Waals surface area contributed by atoms with Crippen molar-refractivity contribution in [3.8, 4) is 0 Å². The minimum Gasteiger partial charge on any atom is -0.310 e. The standard InChI is InChI=1S/C25H17N5O4/c1-15-26-20-12-11-18(14-19(20)24(31)27-15)29-23(16-7-3-2-4-8-16)28-21(25(29)32)13-17-9-5-6-10-22(17)30(33)34/h2-14H,1H3,(H,26,27,31)/b21-13+. The number of aryl methyl sites for hydroxylation is 1. The number of rotatable bonds is 4. The number of amides is 1. The molecule has 0 unspecified atom stereocenters. The maximum Gasteiger partial charge on any atom is 0.282 e. The van der Waals surface area contributed by atoms with Gasteiger partial charge in [-0.1, -0.05) is 42.5 Å². The van der Waals surface area contributed by atoms with Gasteiger partial charge in [-0.15, -0.1) is 0 Å².